The highest BCUT2D eigenvalue weighted by molar-refractivity contribution is 7.48. The third kappa shape index (κ3) is 11.7. The first-order valence-electron chi connectivity index (χ1n) is 23.7. The number of phosphoric acid groups is 3. The van der Waals surface area contributed by atoms with E-state index in [-0.39, 0.29) is 45.7 Å². The maximum absolute atomic E-state index is 13.9. The van der Waals surface area contributed by atoms with Crippen molar-refractivity contribution >= 4 is 69.2 Å². The molecule has 6 aromatic rings. The van der Waals surface area contributed by atoms with Crippen LogP contribution < -0.4 is 39.9 Å². The van der Waals surface area contributed by atoms with E-state index in [2.05, 4.69) is 39.9 Å². The van der Waals surface area contributed by atoms with Crippen molar-refractivity contribution in [3.8, 4) is 0 Å². The Morgan fingerprint density at radius 1 is 0.537 bits per heavy atom. The van der Waals surface area contributed by atoms with Crippen molar-refractivity contribution in [3.05, 3.63) is 74.8 Å². The topological polar surface area (TPSA) is 607 Å². The number of aromatic nitrogens is 12. The Morgan fingerprint density at radius 2 is 0.963 bits per heavy atom. The molecule has 10 heterocycles. The summed E-state index contributed by atoms with van der Waals surface area (Å²) in [4.78, 5) is 101. The number of aliphatic hydroxyl groups excluding tert-OH is 6. The first-order chi connectivity index (χ1) is 38.7. The zero-order valence-corrected chi connectivity index (χ0v) is 43.9. The van der Waals surface area contributed by atoms with E-state index < -0.39 is 165 Å². The predicted octanol–water partition coefficient (Wildman–Crippen LogP) is -6.30. The summed E-state index contributed by atoms with van der Waals surface area (Å²) in [5.41, 5.74) is 19.5. The number of aliphatic hydroxyl groups is 6. The standard InChI is InChI=1S/C38H49N16O25P3/c39-16-1-3-51(37(62)47-16)33-23(59)26(78-80(64,65)70-6-13-20(56)21(57)32(74-13)53-10-45-18-28(41)43-9-44-29(18)53)15(76-33)8-72-82(68,69)79-27-14(75-34(24(27)60)52-4-2-17(40)48-38(52)63)7-71-81(66,67)77-25-12(5-55)73-35(22(25)58)54-11-46-19-30(54)49-36(42)50-31(19)61/h1-4,9-15,20-27,32-35,55-60H,5-8H2,(H,64,65)(H,66,67)(H,68,69)(H2,39,47,62)(H2,40,48,63)(H2,41,43,44)(H3,42,49,50,61)/t12-,13-,14-,15-,20-,21-,22-,23-,24-,25-,26-,27-,32-,33-,34-,35-/m1/s1. The van der Waals surface area contributed by atoms with E-state index in [4.69, 9.17) is 69.0 Å². The highest BCUT2D eigenvalue weighted by Gasteiger charge is 2.55. The fraction of sp³-hybridized carbons (Fsp3) is 0.526. The Bertz CT molecular complexity index is 3690. The highest BCUT2D eigenvalue weighted by atomic mass is 31.2. The highest BCUT2D eigenvalue weighted by Crippen LogP contribution is 2.54. The number of aromatic amines is 1. The quantitative estimate of drug-likeness (QED) is 0.0316. The summed E-state index contributed by atoms with van der Waals surface area (Å²) in [6.45, 7) is -4.42. The van der Waals surface area contributed by atoms with Gasteiger partial charge in [-0.1, -0.05) is 0 Å². The summed E-state index contributed by atoms with van der Waals surface area (Å²) < 4.78 is 98.9. The summed E-state index contributed by atoms with van der Waals surface area (Å²) in [5, 5.41) is 66.2. The van der Waals surface area contributed by atoms with E-state index in [1.165, 1.54) is 10.9 Å². The number of nitrogens with two attached hydrogens (primary N) is 4. The molecule has 82 heavy (non-hydrogen) atoms. The molecular weight excluding hydrogens is 1170 g/mol. The molecule has 4 saturated heterocycles. The zero-order chi connectivity index (χ0) is 58.9. The van der Waals surface area contributed by atoms with Crippen molar-refractivity contribution in [2.45, 2.75) is 98.2 Å². The molecule has 0 aromatic carbocycles. The lowest BCUT2D eigenvalue weighted by atomic mass is 10.1. The van der Waals surface area contributed by atoms with E-state index in [1.54, 1.807) is 0 Å². The van der Waals surface area contributed by atoms with Gasteiger partial charge < -0.3 is 87.2 Å². The Hall–Kier alpha value is -6.21. The minimum atomic E-state index is -5.73. The van der Waals surface area contributed by atoms with Crippen LogP contribution in [0.15, 0.2) is 57.9 Å². The molecule has 4 aliphatic heterocycles. The number of nitrogen functional groups attached to an aromatic ring is 4. The third-order valence-corrected chi connectivity index (χ3v) is 16.0. The maximum Gasteiger partial charge on any atom is 0.472 e. The molecule has 6 aromatic heterocycles. The average molecular weight is 1220 g/mol. The lowest BCUT2D eigenvalue weighted by molar-refractivity contribution is -0.0652. The van der Waals surface area contributed by atoms with Crippen LogP contribution in [0.2, 0.25) is 0 Å². The number of nitrogens with zero attached hydrogens (tertiary/aromatic N) is 11. The van der Waals surface area contributed by atoms with Crippen LogP contribution in [0.3, 0.4) is 0 Å². The van der Waals surface area contributed by atoms with E-state index in [0.717, 1.165) is 41.7 Å². The SMILES string of the molecule is Nc1ccn([C@@H]2O[C@H](COP(=O)(O)O[C@H]3[C@@H](O)[C@H](n4ccc(N)nc4=O)O[C@@H]3COP(=O)(O)O[C@H]3[C@@H](O)[C@H](n4cnc5c(=O)[nH]c(N)nc54)O[C@@H]3CO)[C@@H](OP(=O)(O)OC[C@H]3O[C@@H](n4cnc5c(N)ncnc54)[C@H](O)[C@@H]3O)[C@H]2O)c(=O)n1. The van der Waals surface area contributed by atoms with E-state index in [0.29, 0.717) is 9.13 Å². The van der Waals surface area contributed by atoms with Crippen LogP contribution >= 0.6 is 23.5 Å². The van der Waals surface area contributed by atoms with Gasteiger partial charge in [0.25, 0.3) is 5.56 Å². The van der Waals surface area contributed by atoms with Crippen LogP contribution in [-0.4, -0.2) is 203 Å². The summed E-state index contributed by atoms with van der Waals surface area (Å²) in [6.07, 6.45) is -24.6. The maximum atomic E-state index is 13.9. The van der Waals surface area contributed by atoms with Crippen LogP contribution in [0.4, 0.5) is 23.4 Å². The van der Waals surface area contributed by atoms with Crippen molar-refractivity contribution in [2.24, 2.45) is 0 Å². The number of nitrogens with one attached hydrogen (secondary N) is 1. The summed E-state index contributed by atoms with van der Waals surface area (Å²) in [7, 11) is -16.8. The smallest absolute Gasteiger partial charge is 0.394 e. The molecule has 0 saturated carbocycles. The molecule has 44 heteroatoms. The predicted molar refractivity (Wildman–Crippen MR) is 263 cm³/mol. The molecule has 18 N–H and O–H groups in total. The number of phosphoric ester groups is 3. The Kier molecular flexibility index (Phi) is 16.4. The van der Waals surface area contributed by atoms with Crippen LogP contribution in [0.25, 0.3) is 22.3 Å². The largest absolute Gasteiger partial charge is 0.472 e. The van der Waals surface area contributed by atoms with E-state index in [1.807, 2.05) is 0 Å². The first kappa shape index (κ1) is 59.0. The van der Waals surface area contributed by atoms with E-state index >= 15 is 0 Å². The fourth-order valence-electron chi connectivity index (χ4n) is 9.23. The van der Waals surface area contributed by atoms with Gasteiger partial charge in [0.1, 0.15) is 96.7 Å². The molecule has 0 aliphatic carbocycles. The Morgan fingerprint density at radius 3 is 1.46 bits per heavy atom. The summed E-state index contributed by atoms with van der Waals surface area (Å²) >= 11 is 0. The van der Waals surface area contributed by atoms with Crippen molar-refractivity contribution < 1.29 is 105 Å². The van der Waals surface area contributed by atoms with Gasteiger partial charge >= 0.3 is 34.8 Å². The van der Waals surface area contributed by atoms with Gasteiger partial charge in [-0.25, -0.2) is 43.2 Å². The normalized spacial score (nSPS) is 32.5. The number of H-pyrrole nitrogens is 1. The van der Waals surface area contributed by atoms with Crippen molar-refractivity contribution in [1.29, 1.82) is 0 Å². The number of hydrogen-bond acceptors (Lipinski definition) is 33. The number of fused-ring (bicyclic) bond motifs is 2. The second kappa shape index (κ2) is 22.8. The van der Waals surface area contributed by atoms with Gasteiger partial charge in [0.05, 0.1) is 39.1 Å². The Balaban J connectivity index is 0.841. The second-order valence-corrected chi connectivity index (χ2v) is 22.6. The van der Waals surface area contributed by atoms with Gasteiger partial charge in [0.2, 0.25) is 5.95 Å². The molecule has 19 atom stereocenters. The van der Waals surface area contributed by atoms with Crippen LogP contribution in [-0.2, 0) is 59.8 Å². The minimum Gasteiger partial charge on any atom is -0.394 e. The van der Waals surface area contributed by atoms with Crippen LogP contribution in [0, 0.1) is 0 Å². The molecule has 0 bridgehead atoms. The molecule has 0 spiro atoms. The van der Waals surface area contributed by atoms with Gasteiger partial charge in [0.15, 0.2) is 47.5 Å². The van der Waals surface area contributed by atoms with Gasteiger partial charge in [0, 0.05) is 12.4 Å². The molecule has 0 radical (unpaired) electrons. The molecule has 41 nitrogen and oxygen atoms in total. The van der Waals surface area contributed by atoms with Crippen molar-refractivity contribution in [3.63, 3.8) is 0 Å². The average Bonchev–Trinajstić information content (AvgIpc) is 4.44. The van der Waals surface area contributed by atoms with E-state index in [9.17, 15) is 73.4 Å². The lowest BCUT2D eigenvalue weighted by Crippen LogP contribution is -2.39. The monoisotopic (exact) mass is 1220 g/mol. The van der Waals surface area contributed by atoms with Gasteiger partial charge in [-0.3, -0.25) is 55.2 Å². The number of ether oxygens (including phenoxy) is 4. The summed E-state index contributed by atoms with van der Waals surface area (Å²) in [5.74, 6) is -0.925. The molecular formula is C38H49N16O25P3. The molecule has 446 valence electrons. The Labute approximate surface area is 453 Å². The van der Waals surface area contributed by atoms with Crippen LogP contribution in [0.5, 0.6) is 0 Å². The van der Waals surface area contributed by atoms with Gasteiger partial charge in [-0.2, -0.15) is 15.0 Å². The number of hydrogen-bond donors (Lipinski definition) is 14. The van der Waals surface area contributed by atoms with Gasteiger partial charge in [-0.15, -0.1) is 0 Å². The lowest BCUT2D eigenvalue weighted by Gasteiger charge is -2.26. The molecule has 10 rings (SSSR count). The molecule has 0 amide bonds. The molecule has 4 fully saturated rings. The molecule has 3 unspecified atom stereocenters. The number of anilines is 4. The van der Waals surface area contributed by atoms with Crippen molar-refractivity contribution in [1.82, 2.24) is 58.1 Å². The second-order valence-electron chi connectivity index (χ2n) is 18.3. The van der Waals surface area contributed by atoms with Gasteiger partial charge in [-0.05, 0) is 12.1 Å². The molecule has 4 aliphatic rings. The van der Waals surface area contributed by atoms with Crippen LogP contribution in [0.1, 0.15) is 24.9 Å². The number of imidazole rings is 2. The first-order valence-corrected chi connectivity index (χ1v) is 28.2. The fourth-order valence-corrected chi connectivity index (χ4v) is 12.1. The van der Waals surface area contributed by atoms with Crippen molar-refractivity contribution in [2.75, 3.05) is 49.4 Å². The minimum absolute atomic E-state index is 0.0176. The summed E-state index contributed by atoms with van der Waals surface area (Å²) in [6, 6.07) is 2.20. The third-order valence-electron chi connectivity index (χ3n) is 13.1. The number of rotatable bonds is 20. The zero-order valence-electron chi connectivity index (χ0n) is 41.2.